The zero-order valence-corrected chi connectivity index (χ0v) is 34.1. The summed E-state index contributed by atoms with van der Waals surface area (Å²) in [6, 6.07) is 0. The number of ether oxygens (including phenoxy) is 4. The van der Waals surface area contributed by atoms with Crippen LogP contribution in [0.25, 0.3) is 0 Å². The van der Waals surface area contributed by atoms with Gasteiger partial charge < -0.3 is 64.9 Å². The van der Waals surface area contributed by atoms with Gasteiger partial charge in [-0.3, -0.25) is 4.79 Å². The van der Waals surface area contributed by atoms with Crippen molar-refractivity contribution in [2.75, 3.05) is 13.2 Å². The van der Waals surface area contributed by atoms with Crippen LogP contribution >= 0.6 is 0 Å². The standard InChI is InChI=1S/C42H68O14/c1-37(2)14-15-42(36(52)56-35-33(51)31(49)29(47)23(19-44)54-35)21(16-37)20-8-9-25-39(5)12-11-27(55-34-32(50)30(48)28(46)22(18-43)53-34)38(3,4)24(39)10-13-40(25,6)41(20,7)17-26(42)45/h8,21-35,43-51H,9-19H2,1-7H3. The maximum atomic E-state index is 14.6. The number of carbonyl (C=O) groups is 1. The van der Waals surface area contributed by atoms with Crippen molar-refractivity contribution in [1.82, 2.24) is 0 Å². The van der Waals surface area contributed by atoms with Crippen molar-refractivity contribution < 1.29 is 69.7 Å². The van der Waals surface area contributed by atoms with E-state index in [0.29, 0.717) is 32.1 Å². The Kier molecular flexibility index (Phi) is 11.0. The molecule has 0 radical (unpaired) electrons. The number of fused-ring (bicyclic) bond motifs is 7. The minimum absolute atomic E-state index is 0.135. The molecule has 0 aromatic carbocycles. The lowest BCUT2D eigenvalue weighted by atomic mass is 9.33. The van der Waals surface area contributed by atoms with Crippen LogP contribution in [0.3, 0.4) is 0 Å². The maximum Gasteiger partial charge on any atom is 0.317 e. The molecule has 4 saturated carbocycles. The summed E-state index contributed by atoms with van der Waals surface area (Å²) in [5, 5.41) is 95.2. The molecule has 0 bridgehead atoms. The Morgan fingerprint density at radius 2 is 1.30 bits per heavy atom. The Labute approximate surface area is 330 Å². The number of aliphatic hydroxyl groups is 9. The van der Waals surface area contributed by atoms with Crippen LogP contribution in [-0.2, 0) is 23.7 Å². The maximum absolute atomic E-state index is 14.6. The second-order valence-electron chi connectivity index (χ2n) is 20.8. The smallest absolute Gasteiger partial charge is 0.317 e. The fourth-order valence-corrected chi connectivity index (χ4v) is 13.7. The minimum atomic E-state index is -1.75. The molecule has 2 aliphatic heterocycles. The summed E-state index contributed by atoms with van der Waals surface area (Å²) >= 11 is 0. The molecule has 9 N–H and O–H groups in total. The van der Waals surface area contributed by atoms with Gasteiger partial charge in [0.25, 0.3) is 0 Å². The number of hydrogen-bond donors (Lipinski definition) is 9. The number of allylic oxidation sites excluding steroid dienone is 2. The lowest BCUT2D eigenvalue weighted by Crippen LogP contribution is -2.68. The largest absolute Gasteiger partial charge is 0.432 e. The van der Waals surface area contributed by atoms with Crippen molar-refractivity contribution in [2.24, 2.45) is 50.2 Å². The molecule has 19 unspecified atom stereocenters. The summed E-state index contributed by atoms with van der Waals surface area (Å²) in [5.41, 5.74) is -1.53. The molecule has 5 aliphatic carbocycles. The van der Waals surface area contributed by atoms with Crippen molar-refractivity contribution in [2.45, 2.75) is 180 Å². The van der Waals surface area contributed by atoms with Crippen molar-refractivity contribution in [1.29, 1.82) is 0 Å². The van der Waals surface area contributed by atoms with Crippen LogP contribution in [0.2, 0.25) is 0 Å². The number of aliphatic hydroxyl groups excluding tert-OH is 9. The molecule has 14 nitrogen and oxygen atoms in total. The van der Waals surface area contributed by atoms with Gasteiger partial charge in [0.05, 0.1) is 25.4 Å². The molecule has 0 amide bonds. The third-order valence-corrected chi connectivity index (χ3v) is 17.2. The summed E-state index contributed by atoms with van der Waals surface area (Å²) in [6.45, 7) is 14.6. The van der Waals surface area contributed by atoms with Crippen LogP contribution in [0.4, 0.5) is 0 Å². The van der Waals surface area contributed by atoms with Crippen molar-refractivity contribution >= 4 is 5.97 Å². The Morgan fingerprint density at radius 1 is 0.714 bits per heavy atom. The molecule has 0 spiro atoms. The Bertz CT molecular complexity index is 1520. The lowest BCUT2D eigenvalue weighted by molar-refractivity contribution is -0.330. The first-order valence-corrected chi connectivity index (χ1v) is 20.9. The van der Waals surface area contributed by atoms with Crippen molar-refractivity contribution in [3.8, 4) is 0 Å². The fourth-order valence-electron chi connectivity index (χ4n) is 13.7. The van der Waals surface area contributed by atoms with Crippen LogP contribution in [0, 0.1) is 50.2 Å². The van der Waals surface area contributed by atoms with Crippen LogP contribution in [0.1, 0.15) is 106 Å². The Balaban J connectivity index is 1.18. The zero-order valence-electron chi connectivity index (χ0n) is 34.1. The summed E-state index contributed by atoms with van der Waals surface area (Å²) < 4.78 is 23.7. The van der Waals surface area contributed by atoms with Crippen molar-refractivity contribution in [3.05, 3.63) is 11.6 Å². The Hall–Kier alpha value is -1.27. The number of carbonyl (C=O) groups excluding carboxylic acids is 1. The van der Waals surface area contributed by atoms with Gasteiger partial charge in [-0.2, -0.15) is 0 Å². The highest BCUT2D eigenvalue weighted by Gasteiger charge is 2.72. The van der Waals surface area contributed by atoms with E-state index < -0.39 is 97.5 Å². The normalized spacial score (nSPS) is 53.7. The summed E-state index contributed by atoms with van der Waals surface area (Å²) in [7, 11) is 0. The van der Waals surface area contributed by atoms with Crippen LogP contribution < -0.4 is 0 Å². The number of esters is 1. The third kappa shape index (κ3) is 6.13. The van der Waals surface area contributed by atoms with Gasteiger partial charge in [-0.05, 0) is 103 Å². The van der Waals surface area contributed by atoms with Gasteiger partial charge in [-0.1, -0.05) is 60.1 Å². The van der Waals surface area contributed by atoms with Crippen LogP contribution in [0.15, 0.2) is 11.6 Å². The molecule has 7 aliphatic rings. The molecule has 0 aromatic heterocycles. The first-order valence-electron chi connectivity index (χ1n) is 20.9. The van der Waals surface area contributed by atoms with Crippen molar-refractivity contribution in [3.63, 3.8) is 0 Å². The summed E-state index contributed by atoms with van der Waals surface area (Å²) in [6.07, 6.45) is -7.67. The molecular formula is C42H68O14. The topological polar surface area (TPSA) is 236 Å². The highest BCUT2D eigenvalue weighted by molar-refractivity contribution is 5.80. The summed E-state index contributed by atoms with van der Waals surface area (Å²) in [5.74, 6) is -0.627. The minimum Gasteiger partial charge on any atom is -0.432 e. The molecule has 0 aromatic rings. The molecular weight excluding hydrogens is 728 g/mol. The van der Waals surface area contributed by atoms with E-state index in [2.05, 4.69) is 54.5 Å². The van der Waals surface area contributed by atoms with Gasteiger partial charge in [0.2, 0.25) is 6.29 Å². The summed E-state index contributed by atoms with van der Waals surface area (Å²) in [4.78, 5) is 14.6. The van der Waals surface area contributed by atoms with Gasteiger partial charge in [-0.15, -0.1) is 0 Å². The lowest BCUT2D eigenvalue weighted by Gasteiger charge is -2.71. The highest BCUT2D eigenvalue weighted by atomic mass is 16.7. The van der Waals surface area contributed by atoms with Gasteiger partial charge in [0, 0.05) is 0 Å². The van der Waals surface area contributed by atoms with Gasteiger partial charge in [0.1, 0.15) is 54.2 Å². The fraction of sp³-hybridized carbons (Fsp3) is 0.929. The monoisotopic (exact) mass is 796 g/mol. The van der Waals surface area contributed by atoms with Gasteiger partial charge >= 0.3 is 5.97 Å². The predicted octanol–water partition coefficient (Wildman–Crippen LogP) is 1.29. The van der Waals surface area contributed by atoms with E-state index >= 15 is 0 Å². The van der Waals surface area contributed by atoms with E-state index in [-0.39, 0.29) is 45.5 Å². The van der Waals surface area contributed by atoms with E-state index in [4.69, 9.17) is 18.9 Å². The van der Waals surface area contributed by atoms with E-state index in [1.807, 2.05) is 0 Å². The number of rotatable bonds is 6. The van der Waals surface area contributed by atoms with Gasteiger partial charge in [-0.25, -0.2) is 0 Å². The molecule has 2 saturated heterocycles. The van der Waals surface area contributed by atoms with Crippen LogP contribution in [-0.4, -0.2) is 139 Å². The first-order chi connectivity index (χ1) is 26.0. The van der Waals surface area contributed by atoms with E-state index in [0.717, 1.165) is 25.7 Å². The van der Waals surface area contributed by atoms with Crippen LogP contribution in [0.5, 0.6) is 0 Å². The predicted molar refractivity (Wildman–Crippen MR) is 199 cm³/mol. The Morgan fingerprint density at radius 3 is 1.91 bits per heavy atom. The molecule has 56 heavy (non-hydrogen) atoms. The average Bonchev–Trinajstić information content (AvgIpc) is 3.13. The number of hydrogen-bond acceptors (Lipinski definition) is 14. The SMILES string of the molecule is CC1(C)CCC2(C(=O)OC3OC(CO)C(O)C(O)C3O)C(O)CC3(C)C(=CCC4C5(C)CCC(OC6OC(CO)C(O)C(O)C6O)C(C)(C)C5CCC43C)C2C1. The first kappa shape index (κ1) is 42.8. The highest BCUT2D eigenvalue weighted by Crippen LogP contribution is 2.76. The zero-order chi connectivity index (χ0) is 41.1. The molecule has 2 heterocycles. The van der Waals surface area contributed by atoms with E-state index in [9.17, 15) is 50.8 Å². The second kappa shape index (κ2) is 14.4. The average molecular weight is 797 g/mol. The second-order valence-corrected chi connectivity index (χ2v) is 20.8. The molecule has 320 valence electrons. The molecule has 7 rings (SSSR count). The molecule has 14 heteroatoms. The molecule has 19 atom stereocenters. The molecule has 6 fully saturated rings. The van der Waals surface area contributed by atoms with Gasteiger partial charge in [0.15, 0.2) is 6.29 Å². The third-order valence-electron chi connectivity index (χ3n) is 17.2. The van der Waals surface area contributed by atoms with E-state index in [1.165, 1.54) is 5.57 Å². The quantitative estimate of drug-likeness (QED) is 0.105. The van der Waals surface area contributed by atoms with E-state index in [1.54, 1.807) is 0 Å².